The van der Waals surface area contributed by atoms with Gasteiger partial charge in [0.25, 0.3) is 5.22 Å². The quantitative estimate of drug-likeness (QED) is 0.110. The van der Waals surface area contributed by atoms with Crippen LogP contribution in [0.5, 0.6) is 0 Å². The van der Waals surface area contributed by atoms with Crippen molar-refractivity contribution in [3.63, 3.8) is 0 Å². The average Bonchev–Trinajstić information content (AvgIpc) is 3.64. The molecule has 2 heterocycles. The Balaban J connectivity index is 1.04. The molecule has 1 fully saturated rings. The first-order valence-corrected chi connectivity index (χ1v) is 18.0. The fourth-order valence-electron chi connectivity index (χ4n) is 5.94. The molecule has 0 aliphatic carbocycles. The van der Waals surface area contributed by atoms with Gasteiger partial charge in [0, 0.05) is 42.0 Å². The van der Waals surface area contributed by atoms with Crippen molar-refractivity contribution in [3.8, 4) is 22.6 Å². The van der Waals surface area contributed by atoms with Crippen molar-refractivity contribution in [3.05, 3.63) is 167 Å². The van der Waals surface area contributed by atoms with Crippen LogP contribution in [0.25, 0.3) is 22.6 Å². The van der Waals surface area contributed by atoms with Gasteiger partial charge in [-0.25, -0.2) is 9.78 Å². The molecule has 0 spiro atoms. The monoisotopic (exact) mass is 697 g/mol. The molecule has 258 valence electrons. The first-order chi connectivity index (χ1) is 25.1. The van der Waals surface area contributed by atoms with Crippen molar-refractivity contribution in [1.82, 2.24) is 15.6 Å². The second-order valence-corrected chi connectivity index (χ2v) is 13.3. The van der Waals surface area contributed by atoms with Gasteiger partial charge in [0.05, 0.1) is 18.8 Å². The summed E-state index contributed by atoms with van der Waals surface area (Å²) < 4.78 is 19.5. The highest BCUT2D eigenvalue weighted by atomic mass is 32.2. The summed E-state index contributed by atoms with van der Waals surface area (Å²) in [4.78, 5) is 17.3. The number of thioether (sulfide) groups is 1. The third-order valence-electron chi connectivity index (χ3n) is 8.70. The summed E-state index contributed by atoms with van der Waals surface area (Å²) in [6.45, 7) is 0.834. The molecule has 6 aromatic rings. The summed E-state index contributed by atoms with van der Waals surface area (Å²) >= 11 is 1.53. The van der Waals surface area contributed by atoms with E-state index < -0.39 is 6.29 Å². The Bertz CT molecular complexity index is 1930. The summed E-state index contributed by atoms with van der Waals surface area (Å²) in [7, 11) is 0. The average molecular weight is 698 g/mol. The first-order valence-electron chi connectivity index (χ1n) is 17.0. The van der Waals surface area contributed by atoms with Gasteiger partial charge in [-0.05, 0) is 22.3 Å². The minimum atomic E-state index is -0.604. The van der Waals surface area contributed by atoms with Crippen LogP contribution in [0.2, 0.25) is 0 Å². The summed E-state index contributed by atoms with van der Waals surface area (Å²) in [5, 5.41) is 16.0. The van der Waals surface area contributed by atoms with Gasteiger partial charge < -0.3 is 29.6 Å². The standard InChI is InChI=1S/C42H39N3O5S/c46-27-31-18-20-32(21-19-31)37-24-36(28-51-42-45-38(33-12-6-2-7-13-33)39(50-42)34-14-8-3-9-15-34)48-40(49-37)35-22-16-30(17-23-35)26-44-41(47)43-25-29-10-4-1-5-11-29/h1-23,36-37,40,46H,24-28H2,(H2,43,44,47)/t36-,37+,40+/m1/s1. The number of ether oxygens (including phenoxy) is 2. The topological polar surface area (TPSA) is 106 Å². The first kappa shape index (κ1) is 34.3. The SMILES string of the molecule is O=C(NCc1ccccc1)NCc1ccc([C@H]2O[C@@H](CSc3nc(-c4ccccc4)c(-c4ccccc4)o3)C[C@@H](c3ccc(CO)cc3)O2)cc1. The number of aromatic nitrogens is 1. The van der Waals surface area contributed by atoms with Crippen molar-refractivity contribution in [2.24, 2.45) is 0 Å². The Morgan fingerprint density at radius 3 is 1.90 bits per heavy atom. The van der Waals surface area contributed by atoms with E-state index in [1.165, 1.54) is 11.8 Å². The molecule has 7 rings (SSSR count). The Kier molecular flexibility index (Phi) is 11.2. The molecule has 5 aromatic carbocycles. The molecule has 0 unspecified atom stereocenters. The third-order valence-corrected chi connectivity index (χ3v) is 9.66. The lowest BCUT2D eigenvalue weighted by Crippen LogP contribution is -2.34. The van der Waals surface area contributed by atoms with Gasteiger partial charge in [-0.15, -0.1) is 0 Å². The van der Waals surface area contributed by atoms with Crippen LogP contribution in [-0.4, -0.2) is 28.0 Å². The van der Waals surface area contributed by atoms with E-state index in [0.717, 1.165) is 50.4 Å². The van der Waals surface area contributed by atoms with Gasteiger partial charge in [0.1, 0.15) is 5.69 Å². The van der Waals surface area contributed by atoms with E-state index in [-0.39, 0.29) is 24.8 Å². The van der Waals surface area contributed by atoms with E-state index in [1.54, 1.807) is 0 Å². The van der Waals surface area contributed by atoms with Crippen LogP contribution >= 0.6 is 11.8 Å². The molecule has 0 saturated carbocycles. The predicted molar refractivity (Wildman–Crippen MR) is 198 cm³/mol. The fraction of sp³-hybridized carbons (Fsp3) is 0.190. The lowest BCUT2D eigenvalue weighted by Gasteiger charge is -2.36. The van der Waals surface area contributed by atoms with Gasteiger partial charge >= 0.3 is 6.03 Å². The van der Waals surface area contributed by atoms with Crippen molar-refractivity contribution in [2.75, 3.05) is 5.75 Å². The number of aliphatic hydroxyl groups is 1. The van der Waals surface area contributed by atoms with Gasteiger partial charge in [-0.2, -0.15) is 0 Å². The molecule has 2 amide bonds. The maximum absolute atomic E-state index is 12.4. The molecule has 1 aliphatic rings. The molecule has 3 atom stereocenters. The Hall–Kier alpha value is -5.19. The number of benzene rings is 5. The predicted octanol–water partition coefficient (Wildman–Crippen LogP) is 8.84. The molecular formula is C42H39N3O5S. The van der Waals surface area contributed by atoms with Gasteiger partial charge in [-0.3, -0.25) is 0 Å². The summed E-state index contributed by atoms with van der Waals surface area (Å²) in [5.41, 5.74) is 7.51. The van der Waals surface area contributed by atoms with Crippen molar-refractivity contribution >= 4 is 17.8 Å². The number of urea groups is 1. The zero-order chi connectivity index (χ0) is 34.8. The van der Waals surface area contributed by atoms with Crippen LogP contribution in [0.15, 0.2) is 149 Å². The number of oxazole rings is 1. The van der Waals surface area contributed by atoms with Crippen LogP contribution in [0.3, 0.4) is 0 Å². The Morgan fingerprint density at radius 1 is 0.686 bits per heavy atom. The third kappa shape index (κ3) is 8.95. The van der Waals surface area contributed by atoms with E-state index >= 15 is 0 Å². The molecule has 51 heavy (non-hydrogen) atoms. The van der Waals surface area contributed by atoms with Crippen LogP contribution in [0.1, 0.15) is 46.6 Å². The van der Waals surface area contributed by atoms with Crippen molar-refractivity contribution in [1.29, 1.82) is 0 Å². The van der Waals surface area contributed by atoms with E-state index in [2.05, 4.69) is 10.6 Å². The molecular weight excluding hydrogens is 659 g/mol. The zero-order valence-electron chi connectivity index (χ0n) is 28.0. The number of carbonyl (C=O) groups is 1. The van der Waals surface area contributed by atoms with Crippen molar-refractivity contribution in [2.45, 2.75) is 49.8 Å². The lowest BCUT2D eigenvalue weighted by molar-refractivity contribution is -0.245. The number of nitrogens with one attached hydrogen (secondary N) is 2. The number of carbonyl (C=O) groups excluding carboxylic acids is 1. The number of aliphatic hydroxyl groups excluding tert-OH is 1. The normalized spacial score (nSPS) is 17.2. The highest BCUT2D eigenvalue weighted by Gasteiger charge is 2.33. The van der Waals surface area contributed by atoms with Crippen LogP contribution in [0, 0.1) is 0 Å². The van der Waals surface area contributed by atoms with E-state index in [1.807, 2.05) is 140 Å². The Labute approximate surface area is 301 Å². The van der Waals surface area contributed by atoms with E-state index in [9.17, 15) is 9.90 Å². The molecule has 1 aliphatic heterocycles. The van der Waals surface area contributed by atoms with E-state index in [0.29, 0.717) is 30.5 Å². The smallest absolute Gasteiger partial charge is 0.315 e. The molecule has 9 heteroatoms. The second-order valence-electron chi connectivity index (χ2n) is 12.3. The number of hydrogen-bond donors (Lipinski definition) is 3. The van der Waals surface area contributed by atoms with Gasteiger partial charge in [-0.1, -0.05) is 151 Å². The largest absolute Gasteiger partial charge is 0.431 e. The minimum absolute atomic E-state index is 0.0151. The molecule has 1 saturated heterocycles. The number of rotatable bonds is 12. The maximum Gasteiger partial charge on any atom is 0.315 e. The number of amides is 2. The summed E-state index contributed by atoms with van der Waals surface area (Å²) in [5.74, 6) is 1.34. The zero-order valence-corrected chi connectivity index (χ0v) is 28.8. The van der Waals surface area contributed by atoms with E-state index in [4.69, 9.17) is 18.9 Å². The highest BCUT2D eigenvalue weighted by molar-refractivity contribution is 7.99. The molecule has 3 N–H and O–H groups in total. The molecule has 1 aromatic heterocycles. The van der Waals surface area contributed by atoms with Crippen LogP contribution in [0.4, 0.5) is 4.79 Å². The maximum atomic E-state index is 12.4. The summed E-state index contributed by atoms with van der Waals surface area (Å²) in [6.07, 6.45) is -0.355. The minimum Gasteiger partial charge on any atom is -0.431 e. The van der Waals surface area contributed by atoms with Crippen molar-refractivity contribution < 1.29 is 23.8 Å². The fourth-order valence-corrected chi connectivity index (χ4v) is 6.78. The van der Waals surface area contributed by atoms with Gasteiger partial charge in [0.2, 0.25) is 0 Å². The summed E-state index contributed by atoms with van der Waals surface area (Å²) in [6, 6.07) is 45.5. The second kappa shape index (κ2) is 16.7. The van der Waals surface area contributed by atoms with Crippen LogP contribution < -0.4 is 10.6 Å². The molecule has 0 bridgehead atoms. The molecule has 0 radical (unpaired) electrons. The Morgan fingerprint density at radius 2 is 1.25 bits per heavy atom. The van der Waals surface area contributed by atoms with Crippen LogP contribution in [-0.2, 0) is 29.2 Å². The number of hydrogen-bond acceptors (Lipinski definition) is 7. The number of nitrogens with zero attached hydrogens (tertiary/aromatic N) is 1. The van der Waals surface area contributed by atoms with Gasteiger partial charge in [0.15, 0.2) is 12.1 Å². The molecule has 8 nitrogen and oxygen atoms in total. The highest BCUT2D eigenvalue weighted by Crippen LogP contribution is 2.41. The lowest BCUT2D eigenvalue weighted by atomic mass is 10.0.